The monoisotopic (exact) mass is 602 g/mol. The summed E-state index contributed by atoms with van der Waals surface area (Å²) in [6.07, 6.45) is 0. The van der Waals surface area contributed by atoms with Gasteiger partial charge >= 0.3 is 23.9 Å². The third kappa shape index (κ3) is 28.6. The molecule has 2 radical (unpaired) electrons. The summed E-state index contributed by atoms with van der Waals surface area (Å²) in [5.74, 6) is 1.81. The van der Waals surface area contributed by atoms with E-state index in [0.29, 0.717) is 50.1 Å². The summed E-state index contributed by atoms with van der Waals surface area (Å²) in [6, 6.07) is 0. The average Bonchev–Trinajstić information content (AvgIpc) is 2.48. The molecule has 0 bridgehead atoms. The van der Waals surface area contributed by atoms with Crippen LogP contribution >= 0.6 is 11.4 Å². The van der Waals surface area contributed by atoms with E-state index in [4.69, 9.17) is 66.2 Å². The van der Waals surface area contributed by atoms with E-state index in [1.54, 1.807) is 0 Å². The summed E-state index contributed by atoms with van der Waals surface area (Å²) < 4.78 is 21.4. The van der Waals surface area contributed by atoms with Crippen molar-refractivity contribution in [2.45, 2.75) is 55.4 Å². The molecule has 0 aromatic rings. The molecule has 0 aromatic heterocycles. The van der Waals surface area contributed by atoms with Crippen LogP contribution < -0.4 is 0 Å². The second-order valence-corrected chi connectivity index (χ2v) is 17.6. The second-order valence-electron chi connectivity index (χ2n) is 7.65. The fraction of sp³-hybridized carbons (Fsp3) is 1.00. The maximum atomic E-state index is 5.36. The van der Waals surface area contributed by atoms with Gasteiger partial charge in [-0.05, 0) is 23.7 Å². The predicted molar refractivity (Wildman–Crippen MR) is 132 cm³/mol. The first-order chi connectivity index (χ1) is 11.7. The molecule has 0 fully saturated rings. The second kappa shape index (κ2) is 18.2. The summed E-state index contributed by atoms with van der Waals surface area (Å²) in [4.78, 5) is 0. The molecule has 4 nitrogen and oxygen atoms in total. The minimum absolute atomic E-state index is 0. The normalized spacial score (nSPS) is 12.4. The Morgan fingerprint density at radius 1 is 0.556 bits per heavy atom. The molecule has 0 unspecified atom stereocenters. The largest absolute Gasteiger partial charge is 2.00 e. The van der Waals surface area contributed by atoms with Crippen LogP contribution in [-0.4, -0.2) is 50.3 Å². The Bertz CT molecular complexity index is 380. The third-order valence-electron chi connectivity index (χ3n) is 2.26. The van der Waals surface area contributed by atoms with Gasteiger partial charge < -0.3 is 42.6 Å². The molecule has 0 amide bonds. The van der Waals surface area contributed by atoms with E-state index in [2.05, 4.69) is 55.4 Å². The van der Waals surface area contributed by atoms with Crippen LogP contribution in [0.25, 0.3) is 0 Å². The van der Waals surface area contributed by atoms with Crippen LogP contribution in [-0.2, 0) is 66.2 Å². The first-order valence-corrected chi connectivity index (χ1v) is 16.2. The zero-order valence-corrected chi connectivity index (χ0v) is 25.7. The topological polar surface area (TPSA) is 36.9 Å². The van der Waals surface area contributed by atoms with Gasteiger partial charge in [0, 0.05) is 0 Å². The van der Waals surface area contributed by atoms with Gasteiger partial charge in [-0.25, -0.2) is 0 Å². The van der Waals surface area contributed by atoms with Gasteiger partial charge in [-0.15, -0.1) is 0 Å². The molecule has 0 aliphatic carbocycles. The van der Waals surface area contributed by atoms with Crippen molar-refractivity contribution in [2.24, 2.45) is 23.7 Å². The van der Waals surface area contributed by atoms with Crippen molar-refractivity contribution < 1.29 is 18.1 Å². The van der Waals surface area contributed by atoms with Gasteiger partial charge in [0.05, 0.1) is 37.8 Å². The molecule has 0 atom stereocenters. The molecule has 0 saturated heterocycles. The first kappa shape index (κ1) is 34.3. The van der Waals surface area contributed by atoms with Crippen LogP contribution in [0.4, 0.5) is 0 Å². The minimum Gasteiger partial charge on any atom is -0.691 e. The molecule has 0 aliphatic heterocycles. The Hall–Kier alpha value is 2.64. The predicted octanol–water partition coefficient (Wildman–Crippen LogP) is 5.83. The van der Waals surface area contributed by atoms with E-state index in [1.807, 2.05) is 0 Å². The van der Waals surface area contributed by atoms with Crippen molar-refractivity contribution in [1.82, 2.24) is 0 Å². The molecule has 0 aliphatic rings. The molecule has 11 heteroatoms. The SMILES string of the molecule is CC(C)COP(=S)([S-])OCC(C)C.CC(C)COP(=S)([S-])OCC(C)C.[Sn+2]. The van der Waals surface area contributed by atoms with Gasteiger partial charge in [-0.2, -0.15) is 0 Å². The molecule has 0 saturated carbocycles. The van der Waals surface area contributed by atoms with Gasteiger partial charge in [0.2, 0.25) is 0 Å². The van der Waals surface area contributed by atoms with Crippen molar-refractivity contribution in [1.29, 1.82) is 0 Å². The van der Waals surface area contributed by atoms with Crippen LogP contribution in [0.1, 0.15) is 55.4 Å². The molecule has 0 heterocycles. The average molecular weight is 601 g/mol. The van der Waals surface area contributed by atoms with Crippen molar-refractivity contribution in [3.05, 3.63) is 0 Å². The summed E-state index contributed by atoms with van der Waals surface area (Å²) in [6.45, 7) is 18.9. The standard InChI is InChI=1S/2C8H19O2PS2.Sn/c2*1-7(2)5-9-11(12,13)10-6-8(3)4;/h2*7-8H,5-6H2,1-4H3,(H,12,13);/q;;+2/p-2. The Labute approximate surface area is 205 Å². The van der Waals surface area contributed by atoms with Gasteiger partial charge in [-0.1, -0.05) is 79.0 Å². The van der Waals surface area contributed by atoms with E-state index in [1.165, 1.54) is 0 Å². The maximum absolute atomic E-state index is 5.36. The summed E-state index contributed by atoms with van der Waals surface area (Å²) in [5, 5.41) is 0. The zero-order valence-electron chi connectivity index (χ0n) is 17.8. The molecule has 0 spiro atoms. The zero-order chi connectivity index (χ0) is 21.0. The van der Waals surface area contributed by atoms with Crippen LogP contribution in [0, 0.1) is 23.7 Å². The van der Waals surface area contributed by atoms with E-state index >= 15 is 0 Å². The van der Waals surface area contributed by atoms with E-state index in [0.717, 1.165) is 0 Å². The van der Waals surface area contributed by atoms with Crippen molar-refractivity contribution in [3.63, 3.8) is 0 Å². The summed E-state index contributed by atoms with van der Waals surface area (Å²) in [5.41, 5.74) is -4.77. The van der Waals surface area contributed by atoms with E-state index in [-0.39, 0.29) is 23.9 Å². The molecule has 27 heavy (non-hydrogen) atoms. The minimum atomic E-state index is -2.38. The fourth-order valence-electron chi connectivity index (χ4n) is 1.04. The number of rotatable bonds is 12. The van der Waals surface area contributed by atoms with Crippen molar-refractivity contribution in [3.8, 4) is 0 Å². The van der Waals surface area contributed by atoms with Gasteiger partial charge in [-0.3, -0.25) is 0 Å². The molecule has 0 aromatic carbocycles. The number of hydrogen-bond acceptors (Lipinski definition) is 8. The van der Waals surface area contributed by atoms with Crippen LogP contribution in [0.3, 0.4) is 0 Å². The number of hydrogen-bond donors (Lipinski definition) is 0. The van der Waals surface area contributed by atoms with Crippen LogP contribution in [0.2, 0.25) is 0 Å². The molecular formula is C16H36O4P2S4Sn. The maximum Gasteiger partial charge on any atom is 2.00 e. The Morgan fingerprint density at radius 2 is 0.704 bits per heavy atom. The van der Waals surface area contributed by atoms with E-state index < -0.39 is 11.4 Å². The Morgan fingerprint density at radius 3 is 0.815 bits per heavy atom. The third-order valence-corrected chi connectivity index (χ3v) is 6.65. The smallest absolute Gasteiger partial charge is 0.691 e. The van der Waals surface area contributed by atoms with Crippen molar-refractivity contribution >= 4 is 83.4 Å². The van der Waals surface area contributed by atoms with Crippen LogP contribution in [0.5, 0.6) is 0 Å². The van der Waals surface area contributed by atoms with Gasteiger partial charge in [0.1, 0.15) is 0 Å². The summed E-state index contributed by atoms with van der Waals surface area (Å²) in [7, 11) is 0. The van der Waals surface area contributed by atoms with Gasteiger partial charge in [0.15, 0.2) is 0 Å². The van der Waals surface area contributed by atoms with E-state index in [9.17, 15) is 0 Å². The molecule has 162 valence electrons. The fourth-order valence-corrected chi connectivity index (χ4v) is 4.57. The molecular weight excluding hydrogens is 565 g/mol. The quantitative estimate of drug-likeness (QED) is 0.157. The Kier molecular flexibility index (Phi) is 23.1. The summed E-state index contributed by atoms with van der Waals surface area (Å²) >= 11 is 20.2. The van der Waals surface area contributed by atoms with Crippen molar-refractivity contribution in [2.75, 3.05) is 26.4 Å². The van der Waals surface area contributed by atoms with Crippen LogP contribution in [0.15, 0.2) is 0 Å². The molecule has 0 N–H and O–H groups in total. The van der Waals surface area contributed by atoms with Gasteiger partial charge in [0.25, 0.3) is 0 Å². The molecule has 0 rings (SSSR count). The Balaban J connectivity index is -0.000000411. The first-order valence-electron chi connectivity index (χ1n) is 8.87.